The molecule has 19 heavy (non-hydrogen) atoms. The van der Waals surface area contributed by atoms with Crippen molar-refractivity contribution in [1.82, 2.24) is 4.98 Å². The van der Waals surface area contributed by atoms with Crippen molar-refractivity contribution in [3.8, 4) is 5.75 Å². The second-order valence-electron chi connectivity index (χ2n) is 3.37. The third kappa shape index (κ3) is 3.47. The zero-order chi connectivity index (χ0) is 14.0. The first-order valence-electron chi connectivity index (χ1n) is 4.90. The lowest BCUT2D eigenvalue weighted by Crippen LogP contribution is -2.13. The van der Waals surface area contributed by atoms with Crippen molar-refractivity contribution in [3.05, 3.63) is 32.7 Å². The molecule has 1 aromatic carbocycles. The van der Waals surface area contributed by atoms with E-state index < -0.39 is 10.0 Å². The van der Waals surface area contributed by atoms with Gasteiger partial charge in [0, 0.05) is 4.47 Å². The average Bonchev–Trinajstić information content (AvgIpc) is 2.74. The molecular formula is C10H8Br2N2O3S2. The lowest BCUT2D eigenvalue weighted by molar-refractivity contribution is 0.403. The Morgan fingerprint density at radius 3 is 2.68 bits per heavy atom. The van der Waals surface area contributed by atoms with E-state index in [0.717, 1.165) is 3.79 Å². The van der Waals surface area contributed by atoms with Gasteiger partial charge in [0.05, 0.1) is 17.1 Å². The minimum atomic E-state index is -3.74. The zero-order valence-corrected chi connectivity index (χ0v) is 14.4. The Bertz CT molecular complexity index is 701. The molecule has 0 saturated carbocycles. The molecule has 2 aromatic rings. The topological polar surface area (TPSA) is 68.3 Å². The van der Waals surface area contributed by atoms with Gasteiger partial charge in [0.15, 0.2) is 5.13 Å². The molecule has 0 radical (unpaired) electrons. The number of methoxy groups -OCH3 is 1. The highest BCUT2D eigenvalue weighted by Crippen LogP contribution is 2.30. The van der Waals surface area contributed by atoms with E-state index in [1.165, 1.54) is 30.7 Å². The molecule has 0 aliphatic rings. The Balaban J connectivity index is 2.41. The second kappa shape index (κ2) is 5.78. The molecule has 1 N–H and O–H groups in total. The first-order valence-corrected chi connectivity index (χ1v) is 8.78. The SMILES string of the molecule is COc1ccc(Br)cc1S(=O)(=O)Nc1ncc(Br)s1. The maximum Gasteiger partial charge on any atom is 0.267 e. The van der Waals surface area contributed by atoms with Crippen molar-refractivity contribution in [3.63, 3.8) is 0 Å². The highest BCUT2D eigenvalue weighted by atomic mass is 79.9. The number of anilines is 1. The Morgan fingerprint density at radius 2 is 2.11 bits per heavy atom. The van der Waals surface area contributed by atoms with Crippen molar-refractivity contribution < 1.29 is 13.2 Å². The Kier molecular flexibility index (Phi) is 4.49. The fraction of sp³-hybridized carbons (Fsp3) is 0.100. The zero-order valence-electron chi connectivity index (χ0n) is 9.55. The summed E-state index contributed by atoms with van der Waals surface area (Å²) >= 11 is 7.65. The summed E-state index contributed by atoms with van der Waals surface area (Å²) in [4.78, 5) is 3.98. The van der Waals surface area contributed by atoms with Crippen molar-refractivity contribution >= 4 is 58.4 Å². The van der Waals surface area contributed by atoms with Gasteiger partial charge in [-0.3, -0.25) is 4.72 Å². The molecule has 0 aliphatic heterocycles. The molecule has 0 aliphatic carbocycles. The van der Waals surface area contributed by atoms with Gasteiger partial charge in [-0.1, -0.05) is 27.3 Å². The van der Waals surface area contributed by atoms with Gasteiger partial charge in [-0.15, -0.1) is 0 Å². The van der Waals surface area contributed by atoms with E-state index in [2.05, 4.69) is 41.6 Å². The predicted molar refractivity (Wildman–Crippen MR) is 81.3 cm³/mol. The molecule has 0 spiro atoms. The molecule has 0 fully saturated rings. The summed E-state index contributed by atoms with van der Waals surface area (Å²) in [5, 5.41) is 0.286. The lowest BCUT2D eigenvalue weighted by atomic mass is 10.3. The number of benzene rings is 1. The third-order valence-electron chi connectivity index (χ3n) is 2.11. The standard InChI is InChI=1S/C10H8Br2N2O3S2/c1-17-7-3-2-6(11)4-8(7)19(15,16)14-10-13-5-9(12)18-10/h2-5H,1H3,(H,13,14). The van der Waals surface area contributed by atoms with Gasteiger partial charge in [-0.05, 0) is 34.1 Å². The molecular weight excluding hydrogens is 420 g/mol. The highest BCUT2D eigenvalue weighted by molar-refractivity contribution is 9.11. The van der Waals surface area contributed by atoms with Crippen LogP contribution in [0.4, 0.5) is 5.13 Å². The van der Waals surface area contributed by atoms with E-state index in [4.69, 9.17) is 4.74 Å². The Hall–Kier alpha value is -0.640. The second-order valence-corrected chi connectivity index (χ2v) is 8.35. The monoisotopic (exact) mass is 426 g/mol. The smallest absolute Gasteiger partial charge is 0.267 e. The molecule has 0 unspecified atom stereocenters. The number of ether oxygens (including phenoxy) is 1. The number of nitrogens with one attached hydrogen (secondary N) is 1. The molecule has 0 amide bonds. The summed E-state index contributed by atoms with van der Waals surface area (Å²) in [6.45, 7) is 0. The van der Waals surface area contributed by atoms with Crippen LogP contribution in [0.2, 0.25) is 0 Å². The Morgan fingerprint density at radius 1 is 1.37 bits per heavy atom. The summed E-state index contributed by atoms with van der Waals surface area (Å²) in [6.07, 6.45) is 1.53. The number of nitrogens with zero attached hydrogens (tertiary/aromatic N) is 1. The third-order valence-corrected chi connectivity index (χ3v) is 5.49. The number of aromatic nitrogens is 1. The summed E-state index contributed by atoms with van der Waals surface area (Å²) in [5.41, 5.74) is 0. The molecule has 102 valence electrons. The van der Waals surface area contributed by atoms with Gasteiger partial charge in [0.1, 0.15) is 10.6 Å². The number of hydrogen-bond acceptors (Lipinski definition) is 5. The summed E-state index contributed by atoms with van der Waals surface area (Å²) in [7, 11) is -2.32. The molecule has 2 rings (SSSR count). The van der Waals surface area contributed by atoms with Crippen LogP contribution in [0.1, 0.15) is 0 Å². The van der Waals surface area contributed by atoms with Crippen molar-refractivity contribution in [1.29, 1.82) is 0 Å². The van der Waals surface area contributed by atoms with Crippen LogP contribution in [-0.4, -0.2) is 20.5 Å². The first kappa shape index (κ1) is 14.8. The van der Waals surface area contributed by atoms with Crippen LogP contribution in [-0.2, 0) is 10.0 Å². The van der Waals surface area contributed by atoms with E-state index in [1.54, 1.807) is 12.1 Å². The van der Waals surface area contributed by atoms with Crippen molar-refractivity contribution in [2.75, 3.05) is 11.8 Å². The quantitative estimate of drug-likeness (QED) is 0.810. The maximum atomic E-state index is 12.3. The minimum Gasteiger partial charge on any atom is -0.495 e. The Labute approximate surface area is 131 Å². The van der Waals surface area contributed by atoms with Gasteiger partial charge in [-0.25, -0.2) is 13.4 Å². The van der Waals surface area contributed by atoms with Crippen molar-refractivity contribution in [2.45, 2.75) is 4.90 Å². The van der Waals surface area contributed by atoms with Crippen LogP contribution in [0, 0.1) is 0 Å². The van der Waals surface area contributed by atoms with E-state index in [0.29, 0.717) is 4.47 Å². The van der Waals surface area contributed by atoms with E-state index in [9.17, 15) is 8.42 Å². The van der Waals surface area contributed by atoms with Crippen LogP contribution >= 0.6 is 43.2 Å². The van der Waals surface area contributed by atoms with Gasteiger partial charge in [-0.2, -0.15) is 0 Å². The van der Waals surface area contributed by atoms with Crippen LogP contribution in [0.15, 0.2) is 37.6 Å². The number of rotatable bonds is 4. The predicted octanol–water partition coefficient (Wildman–Crippen LogP) is 3.48. The molecule has 0 atom stereocenters. The molecule has 9 heteroatoms. The normalized spacial score (nSPS) is 11.3. The van der Waals surface area contributed by atoms with Gasteiger partial charge in [0.2, 0.25) is 0 Å². The van der Waals surface area contributed by atoms with Gasteiger partial charge < -0.3 is 4.74 Å². The average molecular weight is 428 g/mol. The van der Waals surface area contributed by atoms with Gasteiger partial charge >= 0.3 is 0 Å². The summed E-state index contributed by atoms with van der Waals surface area (Å²) in [5.74, 6) is 0.270. The minimum absolute atomic E-state index is 0.0516. The highest BCUT2D eigenvalue weighted by Gasteiger charge is 2.21. The fourth-order valence-electron chi connectivity index (χ4n) is 1.33. The fourth-order valence-corrected chi connectivity index (χ4v) is 4.39. The molecule has 1 heterocycles. The van der Waals surface area contributed by atoms with Gasteiger partial charge in [0.25, 0.3) is 10.0 Å². The number of thiazole rings is 1. The van der Waals surface area contributed by atoms with Crippen LogP contribution in [0.3, 0.4) is 0 Å². The molecule has 1 aromatic heterocycles. The summed E-state index contributed by atoms with van der Waals surface area (Å²) < 4.78 is 33.4. The number of halogens is 2. The molecule has 0 saturated heterocycles. The number of sulfonamides is 1. The van der Waals surface area contributed by atoms with E-state index in [1.807, 2.05) is 0 Å². The van der Waals surface area contributed by atoms with E-state index >= 15 is 0 Å². The van der Waals surface area contributed by atoms with Crippen LogP contribution in [0.25, 0.3) is 0 Å². The largest absolute Gasteiger partial charge is 0.495 e. The van der Waals surface area contributed by atoms with E-state index in [-0.39, 0.29) is 15.8 Å². The summed E-state index contributed by atoms with van der Waals surface area (Å²) in [6, 6.07) is 4.76. The number of hydrogen-bond donors (Lipinski definition) is 1. The molecule has 5 nitrogen and oxygen atoms in total. The maximum absolute atomic E-state index is 12.3. The first-order chi connectivity index (χ1) is 8.92. The van der Waals surface area contributed by atoms with Crippen LogP contribution in [0.5, 0.6) is 5.75 Å². The molecule has 0 bridgehead atoms. The van der Waals surface area contributed by atoms with Crippen molar-refractivity contribution in [2.24, 2.45) is 0 Å². The van der Waals surface area contributed by atoms with Crippen LogP contribution < -0.4 is 9.46 Å². The lowest BCUT2D eigenvalue weighted by Gasteiger charge is -2.10.